The van der Waals surface area contributed by atoms with Gasteiger partial charge in [-0.2, -0.15) is 0 Å². The third-order valence-corrected chi connectivity index (χ3v) is 4.47. The van der Waals surface area contributed by atoms with Gasteiger partial charge in [-0.15, -0.1) is 11.3 Å². The summed E-state index contributed by atoms with van der Waals surface area (Å²) in [5.74, 6) is -0.377. The number of halogens is 2. The molecule has 0 fully saturated rings. The van der Waals surface area contributed by atoms with Crippen LogP contribution in [0.2, 0.25) is 0 Å². The molecular formula is C14H15BrFN3OS. The molecule has 4 nitrogen and oxygen atoms in total. The van der Waals surface area contributed by atoms with Gasteiger partial charge in [0.25, 0.3) is 5.91 Å². The number of rotatable bonds is 5. The van der Waals surface area contributed by atoms with Gasteiger partial charge in [0, 0.05) is 28.3 Å². The summed E-state index contributed by atoms with van der Waals surface area (Å²) in [6, 6.07) is 3.18. The molecule has 0 aliphatic heterocycles. The number of pyridine rings is 1. The maximum Gasteiger partial charge on any atom is 0.257 e. The summed E-state index contributed by atoms with van der Waals surface area (Å²) < 4.78 is 14.4. The molecule has 0 aliphatic rings. The number of thiophene rings is 1. The smallest absolute Gasteiger partial charge is 0.257 e. The fourth-order valence-corrected chi connectivity index (χ4v) is 3.36. The lowest BCUT2D eigenvalue weighted by molar-refractivity contribution is 0.0786. The van der Waals surface area contributed by atoms with Crippen LogP contribution in [0.5, 0.6) is 0 Å². The molecule has 0 bridgehead atoms. The molecule has 2 heterocycles. The first-order chi connectivity index (χ1) is 10.0. The van der Waals surface area contributed by atoms with Crippen molar-refractivity contribution >= 4 is 39.0 Å². The minimum atomic E-state index is -0.521. The summed E-state index contributed by atoms with van der Waals surface area (Å²) in [6.45, 7) is 2.98. The standard InChI is InChI=1S/C14H15BrFN3OS/c1-3-17-13-12(5-10(16)6-18-13)14(20)19(2)7-11-4-9(15)8-21-11/h4-6,8H,3,7H2,1-2H3,(H,17,18). The van der Waals surface area contributed by atoms with Crippen LogP contribution >= 0.6 is 27.3 Å². The van der Waals surface area contributed by atoms with Crippen LogP contribution in [0.3, 0.4) is 0 Å². The van der Waals surface area contributed by atoms with Gasteiger partial charge >= 0.3 is 0 Å². The molecule has 1 N–H and O–H groups in total. The minimum absolute atomic E-state index is 0.245. The fraction of sp³-hybridized carbons (Fsp3) is 0.286. The minimum Gasteiger partial charge on any atom is -0.370 e. The predicted molar refractivity (Wildman–Crippen MR) is 86.2 cm³/mol. The van der Waals surface area contributed by atoms with Gasteiger partial charge in [0.15, 0.2) is 0 Å². The molecule has 7 heteroatoms. The zero-order chi connectivity index (χ0) is 15.4. The Balaban J connectivity index is 2.20. The molecule has 0 radical (unpaired) electrons. The lowest BCUT2D eigenvalue weighted by atomic mass is 10.2. The van der Waals surface area contributed by atoms with Crippen LogP contribution in [0.1, 0.15) is 22.2 Å². The Bertz CT molecular complexity index is 647. The normalized spacial score (nSPS) is 10.5. The maximum atomic E-state index is 13.4. The molecule has 1 amide bonds. The van der Waals surface area contributed by atoms with Gasteiger partial charge in [-0.1, -0.05) is 0 Å². The van der Waals surface area contributed by atoms with E-state index in [1.807, 2.05) is 18.4 Å². The molecule has 0 atom stereocenters. The van der Waals surface area contributed by atoms with E-state index in [1.165, 1.54) is 6.07 Å². The quantitative estimate of drug-likeness (QED) is 0.870. The van der Waals surface area contributed by atoms with Crippen LogP contribution in [0.15, 0.2) is 28.2 Å². The third-order valence-electron chi connectivity index (χ3n) is 2.79. The second-order valence-electron chi connectivity index (χ2n) is 4.47. The number of anilines is 1. The SMILES string of the molecule is CCNc1ncc(F)cc1C(=O)N(C)Cc1cc(Br)cs1. The van der Waals surface area contributed by atoms with Crippen molar-refractivity contribution in [1.82, 2.24) is 9.88 Å². The van der Waals surface area contributed by atoms with E-state index in [-0.39, 0.29) is 11.5 Å². The van der Waals surface area contributed by atoms with Crippen molar-refractivity contribution in [2.75, 3.05) is 18.9 Å². The first kappa shape index (κ1) is 15.9. The van der Waals surface area contributed by atoms with Crippen molar-refractivity contribution in [3.8, 4) is 0 Å². The number of hydrogen-bond acceptors (Lipinski definition) is 4. The van der Waals surface area contributed by atoms with Crippen LogP contribution in [0, 0.1) is 5.82 Å². The highest BCUT2D eigenvalue weighted by Gasteiger charge is 2.18. The number of hydrogen-bond donors (Lipinski definition) is 1. The number of carbonyl (C=O) groups excluding carboxylic acids is 1. The molecule has 0 aliphatic carbocycles. The Morgan fingerprint density at radius 1 is 1.52 bits per heavy atom. The molecule has 2 aromatic heterocycles. The van der Waals surface area contributed by atoms with E-state index < -0.39 is 5.82 Å². The van der Waals surface area contributed by atoms with E-state index in [2.05, 4.69) is 26.2 Å². The van der Waals surface area contributed by atoms with Crippen LogP contribution in [-0.2, 0) is 6.54 Å². The highest BCUT2D eigenvalue weighted by Crippen LogP contribution is 2.22. The summed E-state index contributed by atoms with van der Waals surface area (Å²) in [5.41, 5.74) is 0.245. The van der Waals surface area contributed by atoms with Gasteiger partial charge in [0.2, 0.25) is 0 Å². The van der Waals surface area contributed by atoms with Gasteiger partial charge in [-0.25, -0.2) is 9.37 Å². The molecule has 21 heavy (non-hydrogen) atoms. The number of carbonyl (C=O) groups is 1. The van der Waals surface area contributed by atoms with Crippen LogP contribution in [-0.4, -0.2) is 29.4 Å². The Hall–Kier alpha value is -1.47. The second kappa shape index (κ2) is 7.00. The van der Waals surface area contributed by atoms with Gasteiger partial charge in [-0.05, 0) is 35.0 Å². The highest BCUT2D eigenvalue weighted by atomic mass is 79.9. The van der Waals surface area contributed by atoms with Gasteiger partial charge in [0.05, 0.1) is 18.3 Å². The summed E-state index contributed by atoms with van der Waals surface area (Å²) in [6.07, 6.45) is 1.10. The Morgan fingerprint density at radius 3 is 2.90 bits per heavy atom. The Labute approximate surface area is 135 Å². The largest absolute Gasteiger partial charge is 0.370 e. The molecular weight excluding hydrogens is 357 g/mol. The highest BCUT2D eigenvalue weighted by molar-refractivity contribution is 9.10. The first-order valence-electron chi connectivity index (χ1n) is 6.39. The van der Waals surface area contributed by atoms with E-state index >= 15 is 0 Å². The van der Waals surface area contributed by atoms with E-state index in [4.69, 9.17) is 0 Å². The summed E-state index contributed by atoms with van der Waals surface area (Å²) in [4.78, 5) is 19.0. The van der Waals surface area contributed by atoms with Crippen molar-refractivity contribution in [2.45, 2.75) is 13.5 Å². The van der Waals surface area contributed by atoms with Gasteiger partial charge in [-0.3, -0.25) is 4.79 Å². The van der Waals surface area contributed by atoms with E-state index in [0.717, 1.165) is 15.5 Å². The van der Waals surface area contributed by atoms with E-state index in [9.17, 15) is 9.18 Å². The van der Waals surface area contributed by atoms with Crippen molar-refractivity contribution in [3.05, 3.63) is 44.4 Å². The molecule has 0 saturated heterocycles. The topological polar surface area (TPSA) is 45.2 Å². The zero-order valence-corrected chi connectivity index (χ0v) is 14.1. The summed E-state index contributed by atoms with van der Waals surface area (Å²) in [5, 5.41) is 4.94. The second-order valence-corrected chi connectivity index (χ2v) is 6.38. The molecule has 112 valence electrons. The number of amides is 1. The number of nitrogens with one attached hydrogen (secondary N) is 1. The van der Waals surface area contributed by atoms with Crippen LogP contribution in [0.25, 0.3) is 0 Å². The molecule has 2 aromatic rings. The maximum absolute atomic E-state index is 13.4. The summed E-state index contributed by atoms with van der Waals surface area (Å²) >= 11 is 4.95. The molecule has 0 unspecified atom stereocenters. The Kier molecular flexibility index (Phi) is 5.30. The van der Waals surface area contributed by atoms with Crippen LogP contribution < -0.4 is 5.32 Å². The van der Waals surface area contributed by atoms with Crippen molar-refractivity contribution < 1.29 is 9.18 Å². The zero-order valence-electron chi connectivity index (χ0n) is 11.7. The summed E-state index contributed by atoms with van der Waals surface area (Å²) in [7, 11) is 1.69. The number of aromatic nitrogens is 1. The van der Waals surface area contributed by atoms with E-state index in [1.54, 1.807) is 23.3 Å². The third kappa shape index (κ3) is 4.01. The number of nitrogens with zero attached hydrogens (tertiary/aromatic N) is 2. The van der Waals surface area contributed by atoms with Gasteiger partial charge in [0.1, 0.15) is 11.6 Å². The van der Waals surface area contributed by atoms with Crippen molar-refractivity contribution in [3.63, 3.8) is 0 Å². The predicted octanol–water partition coefficient (Wildman–Crippen LogP) is 3.75. The van der Waals surface area contributed by atoms with Gasteiger partial charge < -0.3 is 10.2 Å². The lowest BCUT2D eigenvalue weighted by Crippen LogP contribution is -2.27. The molecule has 0 spiro atoms. The van der Waals surface area contributed by atoms with E-state index in [0.29, 0.717) is 18.9 Å². The van der Waals surface area contributed by atoms with Crippen molar-refractivity contribution in [2.24, 2.45) is 0 Å². The lowest BCUT2D eigenvalue weighted by Gasteiger charge is -2.18. The monoisotopic (exact) mass is 371 g/mol. The Morgan fingerprint density at radius 2 is 2.29 bits per heavy atom. The fourth-order valence-electron chi connectivity index (χ4n) is 1.86. The molecule has 0 aromatic carbocycles. The average Bonchev–Trinajstić information content (AvgIpc) is 2.85. The van der Waals surface area contributed by atoms with Crippen LogP contribution in [0.4, 0.5) is 10.2 Å². The first-order valence-corrected chi connectivity index (χ1v) is 8.06. The average molecular weight is 372 g/mol. The molecule has 0 saturated carbocycles. The van der Waals surface area contributed by atoms with Crippen molar-refractivity contribution in [1.29, 1.82) is 0 Å². The molecule has 2 rings (SSSR count).